The molecule has 7 heteroatoms. The number of benzene rings is 2. The molecular formula is C21H24BrF2NO2S. The fraction of sp³-hybridized carbons (Fsp3) is 0.429. The number of sulfonamides is 1. The molecule has 0 saturated carbocycles. The van der Waals surface area contributed by atoms with Crippen LogP contribution in [0.15, 0.2) is 48.5 Å². The van der Waals surface area contributed by atoms with Crippen LogP contribution in [0, 0.1) is 11.6 Å². The second-order valence-corrected chi connectivity index (χ2v) is 10.2. The topological polar surface area (TPSA) is 37.4 Å². The van der Waals surface area contributed by atoms with E-state index in [2.05, 4.69) is 15.9 Å². The monoisotopic (exact) mass is 471 g/mol. The fourth-order valence-corrected chi connectivity index (χ4v) is 6.68. The Balaban J connectivity index is 2.14. The molecule has 1 aliphatic rings. The van der Waals surface area contributed by atoms with Crippen LogP contribution < -0.4 is 0 Å². The van der Waals surface area contributed by atoms with E-state index < -0.39 is 33.1 Å². The van der Waals surface area contributed by atoms with Crippen molar-refractivity contribution >= 4 is 26.0 Å². The average Bonchev–Trinajstić information content (AvgIpc) is 3.17. The average molecular weight is 472 g/mol. The number of hydrogen-bond donors (Lipinski definition) is 0. The first kappa shape index (κ1) is 21.4. The summed E-state index contributed by atoms with van der Waals surface area (Å²) in [6, 6.07) is 12.0. The molecule has 1 aliphatic heterocycles. The number of halogens is 3. The van der Waals surface area contributed by atoms with Crippen molar-refractivity contribution < 1.29 is 17.2 Å². The Morgan fingerprint density at radius 3 is 2.18 bits per heavy atom. The molecule has 1 heterocycles. The van der Waals surface area contributed by atoms with Crippen LogP contribution in [0.25, 0.3) is 0 Å². The number of hydrogen-bond acceptors (Lipinski definition) is 2. The highest BCUT2D eigenvalue weighted by molar-refractivity contribution is 9.09. The first-order valence-electron chi connectivity index (χ1n) is 9.36. The van der Waals surface area contributed by atoms with Crippen molar-refractivity contribution in [3.05, 3.63) is 71.3 Å². The van der Waals surface area contributed by atoms with Crippen LogP contribution in [-0.2, 0) is 15.4 Å². The third-order valence-corrected chi connectivity index (χ3v) is 8.13. The molecule has 3 rings (SSSR count). The third-order valence-electron chi connectivity index (χ3n) is 5.61. The Labute approximate surface area is 173 Å². The molecule has 1 atom stereocenters. The zero-order valence-corrected chi connectivity index (χ0v) is 18.1. The van der Waals surface area contributed by atoms with Crippen molar-refractivity contribution in [2.24, 2.45) is 0 Å². The lowest BCUT2D eigenvalue weighted by Gasteiger charge is -2.41. The molecule has 0 aliphatic carbocycles. The Hall–Kier alpha value is -1.31. The van der Waals surface area contributed by atoms with Gasteiger partial charge in [0.1, 0.15) is 11.6 Å². The van der Waals surface area contributed by atoms with Gasteiger partial charge in [-0.25, -0.2) is 17.2 Å². The third kappa shape index (κ3) is 4.16. The molecule has 28 heavy (non-hydrogen) atoms. The minimum atomic E-state index is -3.47. The van der Waals surface area contributed by atoms with Gasteiger partial charge in [-0.3, -0.25) is 0 Å². The molecule has 0 spiro atoms. The Morgan fingerprint density at radius 2 is 1.68 bits per heavy atom. The van der Waals surface area contributed by atoms with Crippen LogP contribution in [0.1, 0.15) is 37.3 Å². The second-order valence-electron chi connectivity index (χ2n) is 7.35. The van der Waals surface area contributed by atoms with Crippen molar-refractivity contribution in [3.63, 3.8) is 0 Å². The van der Waals surface area contributed by atoms with Crippen LogP contribution in [0.2, 0.25) is 0 Å². The molecule has 2 aromatic carbocycles. The standard InChI is InChI=1S/C21H24BrF2NO2S/c1-21(16-6-2-8-18(23)14-16,17-7-3-9-19(24)15-17)20-10-4-12-25(20)28(26,27)13-5-11-22/h2-3,6-9,14-15,20H,4-5,10-13H2,1H3/t20-/m1/s1. The van der Waals surface area contributed by atoms with E-state index in [-0.39, 0.29) is 5.75 Å². The molecule has 0 amide bonds. The summed E-state index contributed by atoms with van der Waals surface area (Å²) in [6.07, 6.45) is 1.87. The van der Waals surface area contributed by atoms with Crippen molar-refractivity contribution in [3.8, 4) is 0 Å². The molecule has 0 aromatic heterocycles. The van der Waals surface area contributed by atoms with Crippen LogP contribution in [-0.4, -0.2) is 36.4 Å². The summed E-state index contributed by atoms with van der Waals surface area (Å²) in [5.41, 5.74) is 0.415. The highest BCUT2D eigenvalue weighted by atomic mass is 79.9. The lowest BCUT2D eigenvalue weighted by molar-refractivity contribution is 0.290. The Bertz CT molecular complexity index is 890. The maximum atomic E-state index is 14.1. The highest BCUT2D eigenvalue weighted by Crippen LogP contribution is 2.43. The van der Waals surface area contributed by atoms with Gasteiger partial charge < -0.3 is 0 Å². The van der Waals surface area contributed by atoms with Gasteiger partial charge >= 0.3 is 0 Å². The Kier molecular flexibility index (Phi) is 6.57. The van der Waals surface area contributed by atoms with Gasteiger partial charge in [-0.15, -0.1) is 0 Å². The van der Waals surface area contributed by atoms with E-state index in [4.69, 9.17) is 0 Å². The normalized spacial score (nSPS) is 18.5. The van der Waals surface area contributed by atoms with Gasteiger partial charge in [0.15, 0.2) is 0 Å². The van der Waals surface area contributed by atoms with E-state index in [1.54, 1.807) is 28.6 Å². The van der Waals surface area contributed by atoms with Gasteiger partial charge in [-0.05, 0) is 61.6 Å². The van der Waals surface area contributed by atoms with Crippen LogP contribution in [0.3, 0.4) is 0 Å². The summed E-state index contributed by atoms with van der Waals surface area (Å²) in [6.45, 7) is 2.31. The molecule has 1 fully saturated rings. The summed E-state index contributed by atoms with van der Waals surface area (Å²) < 4.78 is 55.7. The highest BCUT2D eigenvalue weighted by Gasteiger charge is 2.47. The molecule has 0 radical (unpaired) electrons. The minimum Gasteiger partial charge on any atom is -0.212 e. The molecule has 1 saturated heterocycles. The second kappa shape index (κ2) is 8.59. The summed E-state index contributed by atoms with van der Waals surface area (Å²) in [4.78, 5) is 0. The number of nitrogens with zero attached hydrogens (tertiary/aromatic N) is 1. The van der Waals surface area contributed by atoms with Crippen LogP contribution in [0.5, 0.6) is 0 Å². The van der Waals surface area contributed by atoms with Gasteiger partial charge in [0.25, 0.3) is 0 Å². The SMILES string of the molecule is CC(c1cccc(F)c1)(c1cccc(F)c1)[C@H]1CCCN1S(=O)(=O)CCCBr. The molecular weight excluding hydrogens is 448 g/mol. The summed E-state index contributed by atoms with van der Waals surface area (Å²) >= 11 is 3.29. The van der Waals surface area contributed by atoms with E-state index in [0.29, 0.717) is 35.8 Å². The summed E-state index contributed by atoms with van der Waals surface area (Å²) in [7, 11) is -3.47. The largest absolute Gasteiger partial charge is 0.214 e. The van der Waals surface area contributed by atoms with Gasteiger partial charge in [0.2, 0.25) is 10.0 Å². The van der Waals surface area contributed by atoms with E-state index >= 15 is 0 Å². The zero-order valence-electron chi connectivity index (χ0n) is 15.7. The van der Waals surface area contributed by atoms with Gasteiger partial charge in [-0.2, -0.15) is 4.31 Å². The van der Waals surface area contributed by atoms with E-state index in [1.165, 1.54) is 24.3 Å². The predicted octanol–water partition coefficient (Wildman–Crippen LogP) is 4.85. The van der Waals surface area contributed by atoms with Crippen LogP contribution in [0.4, 0.5) is 8.78 Å². The van der Waals surface area contributed by atoms with Gasteiger partial charge in [0.05, 0.1) is 5.75 Å². The minimum absolute atomic E-state index is 0.0527. The predicted molar refractivity (Wildman–Crippen MR) is 111 cm³/mol. The molecule has 152 valence electrons. The summed E-state index contributed by atoms with van der Waals surface area (Å²) in [5.74, 6) is -0.740. The molecule has 2 aromatic rings. The van der Waals surface area contributed by atoms with Crippen molar-refractivity contribution in [1.82, 2.24) is 4.31 Å². The lowest BCUT2D eigenvalue weighted by Crippen LogP contribution is -2.49. The van der Waals surface area contributed by atoms with Crippen molar-refractivity contribution in [2.75, 3.05) is 17.6 Å². The lowest BCUT2D eigenvalue weighted by atomic mass is 9.70. The zero-order chi connectivity index (χ0) is 20.4. The maximum absolute atomic E-state index is 14.1. The number of alkyl halides is 1. The fourth-order valence-electron chi connectivity index (χ4n) is 4.18. The van der Waals surface area contributed by atoms with E-state index in [9.17, 15) is 17.2 Å². The maximum Gasteiger partial charge on any atom is 0.214 e. The quantitative estimate of drug-likeness (QED) is 0.541. The van der Waals surface area contributed by atoms with Crippen LogP contribution >= 0.6 is 15.9 Å². The summed E-state index contributed by atoms with van der Waals surface area (Å²) in [5, 5.41) is 0.607. The van der Waals surface area contributed by atoms with Crippen molar-refractivity contribution in [2.45, 2.75) is 37.6 Å². The van der Waals surface area contributed by atoms with Crippen molar-refractivity contribution in [1.29, 1.82) is 0 Å². The first-order chi connectivity index (χ1) is 13.3. The van der Waals surface area contributed by atoms with Gasteiger partial charge in [-0.1, -0.05) is 40.2 Å². The van der Waals surface area contributed by atoms with Gasteiger partial charge in [0, 0.05) is 23.3 Å². The molecule has 0 unspecified atom stereocenters. The molecule has 0 N–H and O–H groups in total. The Morgan fingerprint density at radius 1 is 1.11 bits per heavy atom. The number of rotatable bonds is 7. The van der Waals surface area contributed by atoms with E-state index in [0.717, 1.165) is 6.42 Å². The first-order valence-corrected chi connectivity index (χ1v) is 12.1. The molecule has 0 bridgehead atoms. The molecule has 3 nitrogen and oxygen atoms in total. The van der Waals surface area contributed by atoms with E-state index in [1.807, 2.05) is 6.92 Å². The smallest absolute Gasteiger partial charge is 0.212 e.